The number of hydrogen-bond acceptors (Lipinski definition) is 0. The van der Waals surface area contributed by atoms with Crippen molar-refractivity contribution in [1.29, 1.82) is 0 Å². The third-order valence-corrected chi connectivity index (χ3v) is 30.7. The number of hydrogen-bond donors (Lipinski definition) is 0. The summed E-state index contributed by atoms with van der Waals surface area (Å²) in [6.07, 6.45) is 0. The van der Waals surface area contributed by atoms with Crippen molar-refractivity contribution in [3.05, 3.63) is 540 Å². The molecule has 0 saturated heterocycles. The first kappa shape index (κ1) is 83.1. The van der Waals surface area contributed by atoms with Crippen LogP contribution in [0.3, 0.4) is 0 Å². The molecule has 0 saturated carbocycles. The third kappa shape index (κ3) is 12.7. The Bertz CT molecular complexity index is 10900. The summed E-state index contributed by atoms with van der Waals surface area (Å²) in [5.74, 6) is 0. The second-order valence-electron chi connectivity index (χ2n) is 38.4. The quantitative estimate of drug-likeness (QED) is 0.124. The molecule has 0 aliphatic heterocycles. The van der Waals surface area contributed by atoms with Crippen LogP contribution in [0.15, 0.2) is 540 Å². The molecule has 9 heteroatoms. The van der Waals surface area contributed by atoms with Crippen LogP contribution in [0, 0.1) is 0 Å². The molecule has 32 rings (SSSR count). The van der Waals surface area contributed by atoms with E-state index < -0.39 is 0 Å². The maximum absolute atomic E-state index is 2.53. The molecule has 0 unspecified atom stereocenters. The van der Waals surface area contributed by atoms with Crippen molar-refractivity contribution in [3.8, 4) is 73.4 Å². The third-order valence-electron chi connectivity index (χ3n) is 30.7. The highest BCUT2D eigenvalue weighted by Gasteiger charge is 2.30. The van der Waals surface area contributed by atoms with Gasteiger partial charge in [0.1, 0.15) is 0 Å². The van der Waals surface area contributed by atoms with Crippen LogP contribution in [0.5, 0.6) is 0 Å². The fourth-order valence-electron chi connectivity index (χ4n) is 24.6. The zero-order chi connectivity index (χ0) is 96.4. The summed E-state index contributed by atoms with van der Waals surface area (Å²) in [6.45, 7) is 0. The van der Waals surface area contributed by atoms with Crippen LogP contribution in [0.4, 0.5) is 0 Å². The number of nitrogens with zero attached hydrogens (tertiary/aromatic N) is 9. The highest BCUT2D eigenvalue weighted by molar-refractivity contribution is 6.29. The summed E-state index contributed by atoms with van der Waals surface area (Å²) in [5, 5.41) is 22.4. The van der Waals surface area contributed by atoms with Gasteiger partial charge in [0.25, 0.3) is 0 Å². The van der Waals surface area contributed by atoms with Gasteiger partial charge in [0.15, 0.2) is 0 Å². The Hall–Kier alpha value is -19.7. The predicted octanol–water partition coefficient (Wildman–Crippen LogP) is 36.3. The van der Waals surface area contributed by atoms with Crippen molar-refractivity contribution < 1.29 is 0 Å². The molecule has 0 spiro atoms. The number of aromatic nitrogens is 9. The van der Waals surface area contributed by atoms with E-state index in [1.165, 1.54) is 230 Å². The first-order valence-electron chi connectivity index (χ1n) is 50.6. The molecule has 686 valence electrons. The van der Waals surface area contributed by atoms with E-state index in [1.807, 2.05) is 0 Å². The van der Waals surface area contributed by atoms with Crippen molar-refractivity contribution in [2.24, 2.45) is 0 Å². The van der Waals surface area contributed by atoms with Crippen molar-refractivity contribution in [3.63, 3.8) is 0 Å². The fourth-order valence-corrected chi connectivity index (χ4v) is 24.6. The van der Waals surface area contributed by atoms with E-state index in [-0.39, 0.29) is 0 Å². The summed E-state index contributed by atoms with van der Waals surface area (Å²) in [6, 6.07) is 196. The minimum atomic E-state index is 1.15. The van der Waals surface area contributed by atoms with Crippen molar-refractivity contribution in [1.82, 2.24) is 41.1 Å². The van der Waals surface area contributed by atoms with Gasteiger partial charge in [-0.15, -0.1) is 0 Å². The first-order valence-corrected chi connectivity index (χ1v) is 50.6. The average Bonchev–Trinajstić information content (AvgIpc) is 1.53. The highest BCUT2D eigenvalue weighted by Crippen LogP contribution is 2.51. The second-order valence-corrected chi connectivity index (χ2v) is 38.4. The largest absolute Gasteiger partial charge is 0.309 e. The second kappa shape index (κ2) is 33.5. The van der Waals surface area contributed by atoms with Crippen LogP contribution < -0.4 is 0 Å². The number of rotatable bonds is 11. The molecule has 32 aromatic rings. The smallest absolute Gasteiger partial charge is 0.0789 e. The predicted molar refractivity (Wildman–Crippen MR) is 619 cm³/mol. The molecule has 9 nitrogen and oxygen atoms in total. The Labute approximate surface area is 844 Å². The molecule has 9 aromatic heterocycles. The van der Waals surface area contributed by atoms with E-state index in [0.717, 1.165) is 39.8 Å². The SMILES string of the molecule is c1ccc(-c2ccc(-n3c4ccccc4c4c(-n5c6ccccc6c6ccc7c8ccccc8n(-c8ccccc8)c7c65)cccc43)cc2)cc1.c1ccc(-c2cccc(-n3c4ccccc4c4c(-n5c6ccccc6c6ccc7c8ccccc8n(-c8ccccc8)c7c65)cccc43)c2)cc1.c1ccc(-n2c3ccccc3c3cccc(-n4c5ccccc5c5ccc6c7ccccc7n(-c7ccccc7)c6c54)c32)cc1. The Morgan fingerprint density at radius 1 is 0.0952 bits per heavy atom. The van der Waals surface area contributed by atoms with E-state index in [1.54, 1.807) is 0 Å². The van der Waals surface area contributed by atoms with Crippen molar-refractivity contribution >= 4 is 196 Å². The standard InChI is InChI=1S/2C48H31N3.C42H27N3/c1-3-15-32(16-4-1)33-17-13-20-35(31-33)49-43-26-12-9-23-40(43)46-44(49)27-14-28-45(46)51-42-25-11-8-22-37(42)39-30-29-38-36-21-7-10-24-41(36)50(47(38)48(39)51)34-18-5-2-6-19-34;1-3-14-32(15-4-1)33-26-28-35(29-27-33)49-43-23-12-9-20-40(43)46-44(49)24-13-25-45(46)51-42-22-11-8-19-37(42)39-31-30-38-36-18-7-10-21-41(36)50(47(38)48(39)51)34-16-5-2-6-17-34;1-3-14-28(15-4-1)43-36-22-10-7-18-30(36)33-21-13-25-39(40(33)43)45-38-24-12-9-20-32(38)35-27-26-34-31-19-8-11-23-37(31)44(41(34)42(35)45)29-16-5-2-6-17-29/h2*1-31H;1-27H. The van der Waals surface area contributed by atoms with Crippen LogP contribution >= 0.6 is 0 Å². The molecule has 0 atom stereocenters. The molecule has 0 bridgehead atoms. The zero-order valence-electron chi connectivity index (χ0n) is 79.9. The number of benzene rings is 23. The molecular weight excluding hydrogens is 1780 g/mol. The summed E-state index contributed by atoms with van der Waals surface area (Å²) in [4.78, 5) is 0. The van der Waals surface area contributed by atoms with Crippen LogP contribution in [0.1, 0.15) is 0 Å². The molecule has 0 N–H and O–H groups in total. The number of para-hydroxylation sites is 14. The summed E-state index contributed by atoms with van der Waals surface area (Å²) in [5.41, 5.74) is 36.9. The maximum Gasteiger partial charge on any atom is 0.0789 e. The van der Waals surface area contributed by atoms with Crippen molar-refractivity contribution in [2.45, 2.75) is 0 Å². The molecule has 147 heavy (non-hydrogen) atoms. The topological polar surface area (TPSA) is 44.4 Å². The van der Waals surface area contributed by atoms with Crippen LogP contribution in [0.25, 0.3) is 270 Å². The minimum absolute atomic E-state index is 1.15. The molecule has 0 aliphatic carbocycles. The minimum Gasteiger partial charge on any atom is -0.309 e. The van der Waals surface area contributed by atoms with Gasteiger partial charge < -0.3 is 41.1 Å². The number of fused-ring (bicyclic) bond motifs is 30. The van der Waals surface area contributed by atoms with E-state index in [4.69, 9.17) is 0 Å². The van der Waals surface area contributed by atoms with E-state index in [0.29, 0.717) is 0 Å². The van der Waals surface area contributed by atoms with E-state index in [9.17, 15) is 0 Å². The Morgan fingerprint density at radius 3 is 0.633 bits per heavy atom. The van der Waals surface area contributed by atoms with Gasteiger partial charge in [-0.1, -0.05) is 382 Å². The van der Waals surface area contributed by atoms with Gasteiger partial charge in [0.2, 0.25) is 0 Å². The molecule has 0 fully saturated rings. The Morgan fingerprint density at radius 2 is 0.293 bits per heavy atom. The molecule has 9 heterocycles. The van der Waals surface area contributed by atoms with Crippen LogP contribution in [-0.4, -0.2) is 41.1 Å². The van der Waals surface area contributed by atoms with Gasteiger partial charge in [0.05, 0.1) is 116 Å². The lowest BCUT2D eigenvalue weighted by molar-refractivity contribution is 1.12. The molecule has 0 aliphatic rings. The fraction of sp³-hybridized carbons (Fsp3) is 0. The van der Waals surface area contributed by atoms with Gasteiger partial charge in [-0.25, -0.2) is 0 Å². The summed E-state index contributed by atoms with van der Waals surface area (Å²) >= 11 is 0. The average molecular weight is 1870 g/mol. The summed E-state index contributed by atoms with van der Waals surface area (Å²) in [7, 11) is 0. The van der Waals surface area contributed by atoms with Gasteiger partial charge in [0, 0.05) is 131 Å². The van der Waals surface area contributed by atoms with Crippen molar-refractivity contribution in [2.75, 3.05) is 0 Å². The lowest BCUT2D eigenvalue weighted by atomic mass is 10.1. The molecule has 0 radical (unpaired) electrons. The van der Waals surface area contributed by atoms with Crippen LogP contribution in [0.2, 0.25) is 0 Å². The maximum atomic E-state index is 2.53. The monoisotopic (exact) mass is 1870 g/mol. The Balaban J connectivity index is 0.000000102. The first-order chi connectivity index (χ1) is 73.1. The van der Waals surface area contributed by atoms with E-state index >= 15 is 0 Å². The van der Waals surface area contributed by atoms with Crippen LogP contribution in [-0.2, 0) is 0 Å². The molecule has 0 amide bonds. The normalized spacial score (nSPS) is 11.9. The lowest BCUT2D eigenvalue weighted by Gasteiger charge is -2.16. The van der Waals surface area contributed by atoms with Gasteiger partial charge in [-0.05, 0) is 180 Å². The van der Waals surface area contributed by atoms with Gasteiger partial charge in [-0.2, -0.15) is 0 Å². The highest BCUT2D eigenvalue weighted by atomic mass is 15.1. The van der Waals surface area contributed by atoms with E-state index in [2.05, 4.69) is 581 Å². The van der Waals surface area contributed by atoms with Gasteiger partial charge in [-0.3, -0.25) is 0 Å². The van der Waals surface area contributed by atoms with Gasteiger partial charge >= 0.3 is 0 Å². The Kier molecular flexibility index (Phi) is 18.9. The zero-order valence-corrected chi connectivity index (χ0v) is 79.9. The lowest BCUT2D eigenvalue weighted by Crippen LogP contribution is -2.02. The molecular formula is C138H89N9. The summed E-state index contributed by atoms with van der Waals surface area (Å²) < 4.78 is 22.3. The molecule has 23 aromatic carbocycles.